The predicted octanol–water partition coefficient (Wildman–Crippen LogP) is 1.28. The van der Waals surface area contributed by atoms with Crippen LogP contribution in [0, 0.1) is 0 Å². The normalized spacial score (nSPS) is 13.0. The third-order valence-electron chi connectivity index (χ3n) is 3.39. The van der Waals surface area contributed by atoms with Crippen molar-refractivity contribution in [3.05, 3.63) is 42.0 Å². The fraction of sp³-hybridized carbons (Fsp3) is 0.357. The molecule has 2 heterocycles. The average molecular weight is 290 g/mol. The number of nitrogens with two attached hydrogens (primary N) is 1. The molecule has 2 aromatic heterocycles. The summed E-state index contributed by atoms with van der Waals surface area (Å²) in [4.78, 5) is 14.8. The van der Waals surface area contributed by atoms with Crippen LogP contribution in [0.15, 0.2) is 30.7 Å². The molecule has 1 atom stereocenters. The van der Waals surface area contributed by atoms with Crippen molar-refractivity contribution < 1.29 is 14.6 Å². The highest BCUT2D eigenvalue weighted by molar-refractivity contribution is 5.67. The van der Waals surface area contributed by atoms with E-state index in [1.54, 1.807) is 16.9 Å². The Morgan fingerprint density at radius 1 is 1.43 bits per heavy atom. The van der Waals surface area contributed by atoms with E-state index in [0.717, 1.165) is 5.56 Å². The molecule has 0 radical (unpaired) electrons. The van der Waals surface area contributed by atoms with Gasteiger partial charge in [-0.2, -0.15) is 5.10 Å². The molecule has 0 spiro atoms. The lowest BCUT2D eigenvalue weighted by Crippen LogP contribution is -2.27. The number of carbonyl (C=O) groups excluding carboxylic acids is 1. The number of ether oxygens (including phenoxy) is 1. The van der Waals surface area contributed by atoms with Gasteiger partial charge < -0.3 is 15.6 Å². The number of aliphatic hydroxyl groups excluding tert-OH is 1. The smallest absolute Gasteiger partial charge is 0.409 e. The van der Waals surface area contributed by atoms with Gasteiger partial charge in [-0.25, -0.2) is 4.79 Å². The SMILES string of the molecule is Cn1cc(C(C)(C)C(O)c2ccc(OC(N)=O)cn2)cn1. The lowest BCUT2D eigenvalue weighted by molar-refractivity contribution is 0.0960. The van der Waals surface area contributed by atoms with Gasteiger partial charge in [-0.05, 0) is 17.7 Å². The first-order chi connectivity index (χ1) is 9.80. The van der Waals surface area contributed by atoms with Crippen LogP contribution in [-0.2, 0) is 12.5 Å². The number of aromatic nitrogens is 3. The maximum absolute atomic E-state index is 10.6. The topological polar surface area (TPSA) is 103 Å². The molecule has 112 valence electrons. The first-order valence-corrected chi connectivity index (χ1v) is 6.41. The maximum Gasteiger partial charge on any atom is 0.410 e. The van der Waals surface area contributed by atoms with Gasteiger partial charge in [0.05, 0.1) is 18.1 Å². The van der Waals surface area contributed by atoms with E-state index in [1.165, 1.54) is 12.3 Å². The number of carbonyl (C=O) groups is 1. The minimum atomic E-state index is -0.902. The molecule has 7 heteroatoms. The lowest BCUT2D eigenvalue weighted by Gasteiger charge is -2.29. The number of rotatable bonds is 4. The van der Waals surface area contributed by atoms with Crippen molar-refractivity contribution in [3.63, 3.8) is 0 Å². The first-order valence-electron chi connectivity index (χ1n) is 6.41. The van der Waals surface area contributed by atoms with E-state index in [-0.39, 0.29) is 5.75 Å². The van der Waals surface area contributed by atoms with Crippen LogP contribution in [-0.4, -0.2) is 26.0 Å². The largest absolute Gasteiger partial charge is 0.410 e. The number of aryl methyl sites for hydroxylation is 1. The van der Waals surface area contributed by atoms with E-state index in [9.17, 15) is 9.90 Å². The van der Waals surface area contributed by atoms with Gasteiger partial charge in [-0.1, -0.05) is 13.8 Å². The van der Waals surface area contributed by atoms with Gasteiger partial charge >= 0.3 is 6.09 Å². The molecule has 1 unspecified atom stereocenters. The Kier molecular flexibility index (Phi) is 3.95. The molecule has 0 aliphatic heterocycles. The van der Waals surface area contributed by atoms with Crippen LogP contribution in [0.2, 0.25) is 0 Å². The first kappa shape index (κ1) is 15.0. The summed E-state index contributed by atoms with van der Waals surface area (Å²) in [6.07, 6.45) is 3.19. The summed E-state index contributed by atoms with van der Waals surface area (Å²) in [6.45, 7) is 3.81. The summed E-state index contributed by atoms with van der Waals surface area (Å²) in [7, 11) is 1.82. The summed E-state index contributed by atoms with van der Waals surface area (Å²) in [6, 6.07) is 3.14. The van der Waals surface area contributed by atoms with Crippen LogP contribution in [0.25, 0.3) is 0 Å². The number of nitrogens with zero attached hydrogens (tertiary/aromatic N) is 3. The standard InChI is InChI=1S/C14H18N4O3/c1-14(2,9-6-17-18(3)8-9)12(19)11-5-4-10(7-16-11)21-13(15)20/h4-8,12,19H,1-3H3,(H2,15,20). The van der Waals surface area contributed by atoms with Gasteiger partial charge in [0.2, 0.25) is 0 Å². The number of pyridine rings is 1. The summed E-state index contributed by atoms with van der Waals surface area (Å²) < 4.78 is 6.39. The van der Waals surface area contributed by atoms with Crippen molar-refractivity contribution >= 4 is 6.09 Å². The zero-order valence-electron chi connectivity index (χ0n) is 12.1. The Labute approximate surface area is 122 Å². The van der Waals surface area contributed by atoms with Crippen molar-refractivity contribution in [2.24, 2.45) is 12.8 Å². The average Bonchev–Trinajstić information content (AvgIpc) is 2.85. The number of hydrogen-bond acceptors (Lipinski definition) is 5. The molecule has 2 aromatic rings. The second-order valence-corrected chi connectivity index (χ2v) is 5.37. The Morgan fingerprint density at radius 2 is 2.14 bits per heavy atom. The van der Waals surface area contributed by atoms with E-state index in [4.69, 9.17) is 10.5 Å². The third-order valence-corrected chi connectivity index (χ3v) is 3.39. The van der Waals surface area contributed by atoms with Crippen molar-refractivity contribution in [1.82, 2.24) is 14.8 Å². The monoisotopic (exact) mass is 290 g/mol. The highest BCUT2D eigenvalue weighted by Crippen LogP contribution is 2.36. The van der Waals surface area contributed by atoms with Gasteiger partial charge in [0.1, 0.15) is 6.10 Å². The molecule has 0 saturated carbocycles. The number of amides is 1. The van der Waals surface area contributed by atoms with Crippen molar-refractivity contribution in [2.45, 2.75) is 25.4 Å². The minimum absolute atomic E-state index is 0.234. The third kappa shape index (κ3) is 3.19. The van der Waals surface area contributed by atoms with E-state index in [0.29, 0.717) is 5.69 Å². The molecular weight excluding hydrogens is 272 g/mol. The molecule has 0 aliphatic carbocycles. The lowest BCUT2D eigenvalue weighted by atomic mass is 9.79. The molecule has 0 aliphatic rings. The second-order valence-electron chi connectivity index (χ2n) is 5.37. The second kappa shape index (κ2) is 5.53. The number of aliphatic hydroxyl groups is 1. The summed E-state index contributed by atoms with van der Waals surface area (Å²) in [5, 5.41) is 14.7. The molecular formula is C14H18N4O3. The summed E-state index contributed by atoms with van der Waals surface area (Å²) >= 11 is 0. The molecule has 7 nitrogen and oxygen atoms in total. The Balaban J connectivity index is 2.22. The molecule has 0 saturated heterocycles. The van der Waals surface area contributed by atoms with E-state index in [2.05, 4.69) is 10.1 Å². The molecule has 2 rings (SSSR count). The van der Waals surface area contributed by atoms with Crippen LogP contribution in [0.4, 0.5) is 4.79 Å². The predicted molar refractivity (Wildman–Crippen MR) is 75.6 cm³/mol. The summed E-state index contributed by atoms with van der Waals surface area (Å²) in [5.41, 5.74) is 5.73. The van der Waals surface area contributed by atoms with Crippen LogP contribution < -0.4 is 10.5 Å². The highest BCUT2D eigenvalue weighted by atomic mass is 16.5. The van der Waals surface area contributed by atoms with Gasteiger partial charge in [0, 0.05) is 18.7 Å². The quantitative estimate of drug-likeness (QED) is 0.883. The molecule has 3 N–H and O–H groups in total. The van der Waals surface area contributed by atoms with Crippen LogP contribution >= 0.6 is 0 Å². The van der Waals surface area contributed by atoms with Crippen molar-refractivity contribution in [2.75, 3.05) is 0 Å². The molecule has 0 bridgehead atoms. The van der Waals surface area contributed by atoms with Crippen molar-refractivity contribution in [1.29, 1.82) is 0 Å². The van der Waals surface area contributed by atoms with Gasteiger partial charge in [-0.3, -0.25) is 9.67 Å². The Hall–Kier alpha value is -2.41. The van der Waals surface area contributed by atoms with Crippen LogP contribution in [0.5, 0.6) is 5.75 Å². The Morgan fingerprint density at radius 3 is 2.62 bits per heavy atom. The van der Waals surface area contributed by atoms with Gasteiger partial charge in [-0.15, -0.1) is 0 Å². The highest BCUT2D eigenvalue weighted by Gasteiger charge is 2.33. The fourth-order valence-electron chi connectivity index (χ4n) is 2.01. The molecule has 0 fully saturated rings. The van der Waals surface area contributed by atoms with Crippen molar-refractivity contribution in [3.8, 4) is 5.75 Å². The maximum atomic E-state index is 10.6. The molecule has 21 heavy (non-hydrogen) atoms. The van der Waals surface area contributed by atoms with Crippen LogP contribution in [0.1, 0.15) is 31.2 Å². The number of hydrogen-bond donors (Lipinski definition) is 2. The fourth-order valence-corrected chi connectivity index (χ4v) is 2.01. The molecule has 0 aromatic carbocycles. The Bertz CT molecular complexity index is 634. The molecule has 1 amide bonds. The number of primary amides is 1. The van der Waals surface area contributed by atoms with E-state index < -0.39 is 17.6 Å². The van der Waals surface area contributed by atoms with Gasteiger partial charge in [0.25, 0.3) is 0 Å². The van der Waals surface area contributed by atoms with E-state index in [1.807, 2.05) is 27.1 Å². The minimum Gasteiger partial charge on any atom is -0.409 e. The summed E-state index contributed by atoms with van der Waals surface area (Å²) in [5.74, 6) is 0.234. The zero-order chi connectivity index (χ0) is 15.6. The van der Waals surface area contributed by atoms with Gasteiger partial charge in [0.15, 0.2) is 5.75 Å². The zero-order valence-corrected chi connectivity index (χ0v) is 12.1. The van der Waals surface area contributed by atoms with E-state index >= 15 is 0 Å². The van der Waals surface area contributed by atoms with Crippen LogP contribution in [0.3, 0.4) is 0 Å².